The molecule has 7 heteroatoms. The van der Waals surface area contributed by atoms with Gasteiger partial charge >= 0.3 is 0 Å². The smallest absolute Gasteiger partial charge is 0.289 e. The Hall–Kier alpha value is -2.31. The molecule has 3 amide bonds. The molecule has 3 rings (SSSR count). The topological polar surface area (TPSA) is 82.9 Å². The number of piperidine rings is 1. The lowest BCUT2D eigenvalue weighted by atomic mass is 9.94. The summed E-state index contributed by atoms with van der Waals surface area (Å²) in [7, 11) is 0. The lowest BCUT2D eigenvalue weighted by Crippen LogP contribution is -2.45. The van der Waals surface area contributed by atoms with E-state index >= 15 is 0 Å². The normalized spacial score (nSPS) is 20.7. The Labute approximate surface area is 160 Å². The van der Waals surface area contributed by atoms with E-state index < -0.39 is 0 Å². The van der Waals surface area contributed by atoms with E-state index in [1.165, 1.54) is 6.26 Å². The number of hydrogen-bond donors (Lipinski definition) is 1. The van der Waals surface area contributed by atoms with E-state index in [1.54, 1.807) is 17.0 Å². The van der Waals surface area contributed by atoms with E-state index in [0.717, 1.165) is 38.8 Å². The minimum absolute atomic E-state index is 0.0218. The van der Waals surface area contributed by atoms with Crippen LogP contribution >= 0.6 is 0 Å². The van der Waals surface area contributed by atoms with Gasteiger partial charge in [-0.1, -0.05) is 12.8 Å². The van der Waals surface area contributed by atoms with Crippen molar-refractivity contribution in [3.05, 3.63) is 24.2 Å². The van der Waals surface area contributed by atoms with E-state index in [4.69, 9.17) is 4.42 Å². The molecule has 0 aliphatic carbocycles. The molecule has 0 aromatic carbocycles. The molecule has 0 radical (unpaired) electrons. The molecule has 0 saturated carbocycles. The number of carbonyl (C=O) groups excluding carboxylic acids is 3. The first kappa shape index (κ1) is 19.5. The number of nitrogens with one attached hydrogen (secondary N) is 1. The number of nitrogens with zero attached hydrogens (tertiary/aromatic N) is 2. The molecule has 2 fully saturated rings. The largest absolute Gasteiger partial charge is 0.459 e. The fourth-order valence-electron chi connectivity index (χ4n) is 3.81. The van der Waals surface area contributed by atoms with E-state index in [9.17, 15) is 14.4 Å². The Morgan fingerprint density at radius 1 is 1.00 bits per heavy atom. The van der Waals surface area contributed by atoms with Gasteiger partial charge in [-0.05, 0) is 37.8 Å². The summed E-state index contributed by atoms with van der Waals surface area (Å²) in [6.07, 6.45) is 7.32. The molecular weight excluding hydrogens is 346 g/mol. The molecular formula is C20H29N3O4. The summed E-state index contributed by atoms with van der Waals surface area (Å²) < 4.78 is 5.18. The van der Waals surface area contributed by atoms with Crippen LogP contribution in [0.3, 0.4) is 0 Å². The Morgan fingerprint density at radius 3 is 2.52 bits per heavy atom. The molecule has 0 unspecified atom stereocenters. The monoisotopic (exact) mass is 375 g/mol. The minimum Gasteiger partial charge on any atom is -0.459 e. The van der Waals surface area contributed by atoms with Gasteiger partial charge in [0.2, 0.25) is 11.8 Å². The predicted molar refractivity (Wildman–Crippen MR) is 100 cm³/mol. The van der Waals surface area contributed by atoms with Gasteiger partial charge in [0.15, 0.2) is 5.76 Å². The molecule has 7 nitrogen and oxygen atoms in total. The standard InChI is InChI=1S/C20H29N3O4/c24-18-9-14-22(11-4-2-1-3-10-21-18)19(25)16-7-12-23(13-8-16)20(26)17-6-5-15-27-17/h5-6,15-16H,1-4,7-14H2,(H,21,24). The molecule has 2 aliphatic rings. The van der Waals surface area contributed by atoms with Gasteiger partial charge in [0.25, 0.3) is 5.91 Å². The maximum Gasteiger partial charge on any atom is 0.289 e. The van der Waals surface area contributed by atoms with Crippen molar-refractivity contribution in [1.29, 1.82) is 0 Å². The number of hydrogen-bond acceptors (Lipinski definition) is 4. The lowest BCUT2D eigenvalue weighted by molar-refractivity contribution is -0.137. The van der Waals surface area contributed by atoms with E-state index in [-0.39, 0.29) is 23.6 Å². The second-order valence-electron chi connectivity index (χ2n) is 7.38. The Morgan fingerprint density at radius 2 is 1.78 bits per heavy atom. The van der Waals surface area contributed by atoms with Crippen LogP contribution in [0.4, 0.5) is 0 Å². The van der Waals surface area contributed by atoms with Gasteiger partial charge in [0.1, 0.15) is 0 Å². The summed E-state index contributed by atoms with van der Waals surface area (Å²) in [5.41, 5.74) is 0. The Kier molecular flexibility index (Phi) is 6.90. The van der Waals surface area contributed by atoms with Gasteiger partial charge in [-0.15, -0.1) is 0 Å². The Balaban J connectivity index is 1.53. The van der Waals surface area contributed by atoms with Crippen molar-refractivity contribution in [2.24, 2.45) is 5.92 Å². The van der Waals surface area contributed by atoms with Crippen LogP contribution in [-0.4, -0.2) is 60.2 Å². The summed E-state index contributed by atoms with van der Waals surface area (Å²) in [6.45, 7) is 3.05. The van der Waals surface area contributed by atoms with Crippen LogP contribution in [0.5, 0.6) is 0 Å². The van der Waals surface area contributed by atoms with Crippen molar-refractivity contribution in [2.75, 3.05) is 32.7 Å². The number of furan rings is 1. The first-order valence-corrected chi connectivity index (χ1v) is 10.0. The molecule has 148 valence electrons. The third-order valence-electron chi connectivity index (χ3n) is 5.46. The van der Waals surface area contributed by atoms with Crippen LogP contribution in [0.15, 0.2) is 22.8 Å². The highest BCUT2D eigenvalue weighted by atomic mass is 16.3. The van der Waals surface area contributed by atoms with Gasteiger partial charge in [-0.25, -0.2) is 0 Å². The van der Waals surface area contributed by atoms with Crippen LogP contribution < -0.4 is 5.32 Å². The van der Waals surface area contributed by atoms with Crippen LogP contribution in [-0.2, 0) is 9.59 Å². The zero-order valence-corrected chi connectivity index (χ0v) is 15.8. The quantitative estimate of drug-likeness (QED) is 0.857. The minimum atomic E-state index is -0.113. The van der Waals surface area contributed by atoms with Crippen LogP contribution in [0.1, 0.15) is 55.5 Å². The van der Waals surface area contributed by atoms with Crippen molar-refractivity contribution in [3.8, 4) is 0 Å². The van der Waals surface area contributed by atoms with Crippen LogP contribution in [0, 0.1) is 5.92 Å². The van der Waals surface area contributed by atoms with E-state index in [1.807, 2.05) is 4.90 Å². The second kappa shape index (κ2) is 9.58. The lowest BCUT2D eigenvalue weighted by Gasteiger charge is -2.34. The number of rotatable bonds is 2. The van der Waals surface area contributed by atoms with Crippen molar-refractivity contribution in [2.45, 2.75) is 44.9 Å². The summed E-state index contributed by atoms with van der Waals surface area (Å²) in [5, 5.41) is 2.92. The highest BCUT2D eigenvalue weighted by molar-refractivity contribution is 5.91. The molecule has 0 bridgehead atoms. The molecule has 1 aromatic rings. The van der Waals surface area contributed by atoms with Crippen molar-refractivity contribution < 1.29 is 18.8 Å². The van der Waals surface area contributed by atoms with Crippen molar-refractivity contribution in [3.63, 3.8) is 0 Å². The third-order valence-corrected chi connectivity index (χ3v) is 5.46. The molecule has 0 spiro atoms. The molecule has 3 heterocycles. The van der Waals surface area contributed by atoms with Gasteiger partial charge in [0, 0.05) is 45.1 Å². The van der Waals surface area contributed by atoms with Gasteiger partial charge in [0.05, 0.1) is 6.26 Å². The average Bonchev–Trinajstić information content (AvgIpc) is 3.21. The summed E-state index contributed by atoms with van der Waals surface area (Å²) in [4.78, 5) is 40.8. The second-order valence-corrected chi connectivity index (χ2v) is 7.38. The molecule has 27 heavy (non-hydrogen) atoms. The highest BCUT2D eigenvalue weighted by Gasteiger charge is 2.31. The SMILES string of the molecule is O=C1CCN(C(=O)C2CCN(C(=O)c3ccco3)CC2)CCCCCCN1. The summed E-state index contributed by atoms with van der Waals surface area (Å²) >= 11 is 0. The summed E-state index contributed by atoms with van der Waals surface area (Å²) in [6, 6.07) is 3.37. The van der Waals surface area contributed by atoms with Crippen LogP contribution in [0.25, 0.3) is 0 Å². The highest BCUT2D eigenvalue weighted by Crippen LogP contribution is 2.22. The number of carbonyl (C=O) groups is 3. The number of likely N-dealkylation sites (tertiary alicyclic amines) is 1. The van der Waals surface area contributed by atoms with Crippen molar-refractivity contribution >= 4 is 17.7 Å². The molecule has 1 aromatic heterocycles. The van der Waals surface area contributed by atoms with Gasteiger partial charge in [-0.2, -0.15) is 0 Å². The maximum atomic E-state index is 13.0. The molecule has 0 atom stereocenters. The molecule has 1 N–H and O–H groups in total. The van der Waals surface area contributed by atoms with E-state index in [0.29, 0.717) is 44.7 Å². The van der Waals surface area contributed by atoms with Crippen molar-refractivity contribution in [1.82, 2.24) is 15.1 Å². The zero-order chi connectivity index (χ0) is 19.1. The maximum absolute atomic E-state index is 13.0. The fourth-order valence-corrected chi connectivity index (χ4v) is 3.81. The number of amides is 3. The van der Waals surface area contributed by atoms with Gasteiger partial charge < -0.3 is 19.5 Å². The first-order valence-electron chi connectivity index (χ1n) is 10.0. The Bertz CT molecular complexity index is 636. The first-order chi connectivity index (χ1) is 13.1. The molecule has 2 aliphatic heterocycles. The molecule has 2 saturated heterocycles. The average molecular weight is 375 g/mol. The van der Waals surface area contributed by atoms with Gasteiger partial charge in [-0.3, -0.25) is 14.4 Å². The fraction of sp³-hybridized carbons (Fsp3) is 0.650. The zero-order valence-electron chi connectivity index (χ0n) is 15.8. The van der Waals surface area contributed by atoms with Crippen LogP contribution in [0.2, 0.25) is 0 Å². The summed E-state index contributed by atoms with van der Waals surface area (Å²) in [5.74, 6) is 0.315. The van der Waals surface area contributed by atoms with E-state index in [2.05, 4.69) is 5.32 Å². The third kappa shape index (κ3) is 5.34. The predicted octanol–water partition coefficient (Wildman–Crippen LogP) is 2.04.